The van der Waals surface area contributed by atoms with Crippen LogP contribution >= 0.6 is 27.5 Å². The van der Waals surface area contributed by atoms with Crippen molar-refractivity contribution >= 4 is 44.7 Å². The van der Waals surface area contributed by atoms with E-state index in [4.69, 9.17) is 11.6 Å². The number of anilines is 1. The lowest BCUT2D eigenvalue weighted by Gasteiger charge is -2.20. The molecule has 1 N–H and O–H groups in total. The molecule has 0 heterocycles. The van der Waals surface area contributed by atoms with E-state index in [1.165, 1.54) is 12.1 Å². The first kappa shape index (κ1) is 20.0. The zero-order valence-corrected chi connectivity index (χ0v) is 17.0. The van der Waals surface area contributed by atoms with Gasteiger partial charge in [0.05, 0.1) is 11.0 Å². The van der Waals surface area contributed by atoms with Gasteiger partial charge in [0, 0.05) is 39.3 Å². The number of carbonyl (C=O) groups excluding carboxylic acids is 1. The number of nitro benzene ring substituents is 1. The van der Waals surface area contributed by atoms with Crippen molar-refractivity contribution in [3.05, 3.63) is 104 Å². The van der Waals surface area contributed by atoms with E-state index in [0.717, 1.165) is 10.0 Å². The van der Waals surface area contributed by atoms with E-state index < -0.39 is 4.92 Å². The van der Waals surface area contributed by atoms with Gasteiger partial charge >= 0.3 is 0 Å². The monoisotopic (exact) mass is 458 g/mol. The van der Waals surface area contributed by atoms with Crippen LogP contribution in [0, 0.1) is 10.1 Å². The molecular weight excluding hydrogens is 444 g/mol. The molecule has 0 bridgehead atoms. The Kier molecular flexibility index (Phi) is 6.44. The number of ketones is 1. The summed E-state index contributed by atoms with van der Waals surface area (Å²) >= 11 is 9.35. The first-order valence-corrected chi connectivity index (χ1v) is 9.65. The van der Waals surface area contributed by atoms with Gasteiger partial charge in [0.15, 0.2) is 5.78 Å². The first-order valence-electron chi connectivity index (χ1n) is 8.47. The van der Waals surface area contributed by atoms with Gasteiger partial charge in [-0.3, -0.25) is 14.9 Å². The molecule has 0 aliphatic rings. The summed E-state index contributed by atoms with van der Waals surface area (Å²) in [6.07, 6.45) is 0.222. The van der Waals surface area contributed by atoms with Gasteiger partial charge in [0.1, 0.15) is 0 Å². The number of nitrogens with one attached hydrogen (secondary N) is 1. The molecule has 3 rings (SSSR count). The fourth-order valence-corrected chi connectivity index (χ4v) is 3.16. The Bertz CT molecular complexity index is 974. The highest BCUT2D eigenvalue weighted by Gasteiger charge is 2.18. The summed E-state index contributed by atoms with van der Waals surface area (Å²) in [5, 5.41) is 14.7. The van der Waals surface area contributed by atoms with Gasteiger partial charge in [-0.2, -0.15) is 0 Å². The van der Waals surface area contributed by atoms with Gasteiger partial charge in [0.25, 0.3) is 5.69 Å². The normalized spacial score (nSPS) is 11.6. The van der Waals surface area contributed by atoms with Crippen LogP contribution in [0.5, 0.6) is 0 Å². The Hall–Kier alpha value is -2.70. The topological polar surface area (TPSA) is 72.2 Å². The number of rotatable bonds is 7. The predicted octanol–water partition coefficient (Wildman–Crippen LogP) is 6.44. The maximum Gasteiger partial charge on any atom is 0.269 e. The van der Waals surface area contributed by atoms with E-state index in [1.54, 1.807) is 36.4 Å². The molecule has 0 radical (unpaired) electrons. The van der Waals surface area contributed by atoms with Gasteiger partial charge in [-0.25, -0.2) is 0 Å². The van der Waals surface area contributed by atoms with Crippen molar-refractivity contribution in [2.45, 2.75) is 12.5 Å². The Labute approximate surface area is 175 Å². The highest BCUT2D eigenvalue weighted by atomic mass is 79.9. The summed E-state index contributed by atoms with van der Waals surface area (Å²) < 4.78 is 0.905. The molecule has 1 atom stereocenters. The van der Waals surface area contributed by atoms with Gasteiger partial charge in [-0.05, 0) is 42.0 Å². The third-order valence-electron chi connectivity index (χ3n) is 4.25. The molecule has 0 aliphatic heterocycles. The Morgan fingerprint density at radius 3 is 2.18 bits per heavy atom. The van der Waals surface area contributed by atoms with Gasteiger partial charge in [-0.1, -0.05) is 51.8 Å². The molecule has 0 fully saturated rings. The third-order valence-corrected chi connectivity index (χ3v) is 5.03. The van der Waals surface area contributed by atoms with E-state index in [1.807, 2.05) is 24.3 Å². The molecule has 1 unspecified atom stereocenters. The number of benzene rings is 3. The highest BCUT2D eigenvalue weighted by molar-refractivity contribution is 9.10. The van der Waals surface area contributed by atoms with E-state index in [2.05, 4.69) is 21.2 Å². The average molecular weight is 460 g/mol. The summed E-state index contributed by atoms with van der Waals surface area (Å²) in [6.45, 7) is 0. The molecule has 3 aromatic carbocycles. The minimum atomic E-state index is -0.447. The van der Waals surface area contributed by atoms with Crippen LogP contribution in [0.2, 0.25) is 5.02 Å². The molecule has 5 nitrogen and oxygen atoms in total. The maximum atomic E-state index is 12.8. The van der Waals surface area contributed by atoms with E-state index in [-0.39, 0.29) is 23.9 Å². The molecule has 0 aromatic heterocycles. The fraction of sp³-hybridized carbons (Fsp3) is 0.0952. The van der Waals surface area contributed by atoms with Gasteiger partial charge in [0.2, 0.25) is 0 Å². The minimum Gasteiger partial charge on any atom is -0.378 e. The van der Waals surface area contributed by atoms with Crippen LogP contribution in [0.25, 0.3) is 0 Å². The minimum absolute atomic E-state index is 0.0122. The van der Waals surface area contributed by atoms with Crippen molar-refractivity contribution < 1.29 is 9.72 Å². The summed E-state index contributed by atoms with van der Waals surface area (Å²) in [5.74, 6) is -0.0122. The Morgan fingerprint density at radius 1 is 1.00 bits per heavy atom. The lowest BCUT2D eigenvalue weighted by atomic mass is 9.97. The third kappa shape index (κ3) is 5.18. The number of hydrogen-bond donors (Lipinski definition) is 1. The average Bonchev–Trinajstić information content (AvgIpc) is 2.69. The Morgan fingerprint density at radius 2 is 1.61 bits per heavy atom. The summed E-state index contributed by atoms with van der Waals surface area (Å²) in [6, 6.07) is 20.3. The number of nitro groups is 1. The molecule has 0 spiro atoms. The van der Waals surface area contributed by atoms with Crippen LogP contribution in [-0.2, 0) is 0 Å². The summed E-state index contributed by atoms with van der Waals surface area (Å²) in [7, 11) is 0. The van der Waals surface area contributed by atoms with E-state index >= 15 is 0 Å². The molecule has 0 saturated carbocycles. The van der Waals surface area contributed by atoms with Crippen molar-refractivity contribution in [3.8, 4) is 0 Å². The lowest BCUT2D eigenvalue weighted by molar-refractivity contribution is -0.384. The number of carbonyl (C=O) groups is 1. The number of nitrogens with zero attached hydrogens (tertiary/aromatic N) is 1. The SMILES string of the molecule is O=C(CC(Nc1ccc([N+](=O)[O-])cc1)c1ccc(Cl)cc1)c1ccc(Br)cc1. The van der Waals surface area contributed by atoms with Crippen LogP contribution < -0.4 is 5.32 Å². The van der Waals surface area contributed by atoms with Crippen LogP contribution in [0.3, 0.4) is 0 Å². The quantitative estimate of drug-likeness (QED) is 0.251. The summed E-state index contributed by atoms with van der Waals surface area (Å²) in [5.41, 5.74) is 2.22. The smallest absolute Gasteiger partial charge is 0.269 e. The first-order chi connectivity index (χ1) is 13.4. The van der Waals surface area contributed by atoms with Crippen molar-refractivity contribution in [3.63, 3.8) is 0 Å². The molecular formula is C21H16BrClN2O3. The van der Waals surface area contributed by atoms with Crippen LogP contribution in [-0.4, -0.2) is 10.7 Å². The standard InChI is InChI=1S/C21H16BrClN2O3/c22-16-5-1-15(2-6-16)21(26)13-20(14-3-7-17(23)8-4-14)24-18-9-11-19(12-10-18)25(27)28/h1-12,20,24H,13H2. The molecule has 3 aromatic rings. The number of hydrogen-bond acceptors (Lipinski definition) is 4. The van der Waals surface area contributed by atoms with Crippen LogP contribution in [0.1, 0.15) is 28.4 Å². The lowest BCUT2D eigenvalue weighted by Crippen LogP contribution is -2.16. The van der Waals surface area contributed by atoms with E-state index in [9.17, 15) is 14.9 Å². The maximum absolute atomic E-state index is 12.8. The van der Waals surface area contributed by atoms with Crippen molar-refractivity contribution in [1.82, 2.24) is 0 Å². The predicted molar refractivity (Wildman–Crippen MR) is 114 cm³/mol. The van der Waals surface area contributed by atoms with Gasteiger partial charge in [-0.15, -0.1) is 0 Å². The zero-order chi connectivity index (χ0) is 20.1. The summed E-state index contributed by atoms with van der Waals surface area (Å²) in [4.78, 5) is 23.2. The second kappa shape index (κ2) is 8.99. The molecule has 7 heteroatoms. The highest BCUT2D eigenvalue weighted by Crippen LogP contribution is 2.27. The van der Waals surface area contributed by atoms with Gasteiger partial charge < -0.3 is 5.32 Å². The van der Waals surface area contributed by atoms with Crippen molar-refractivity contribution in [1.29, 1.82) is 0 Å². The molecule has 0 saturated heterocycles. The number of halogens is 2. The van der Waals surface area contributed by atoms with Crippen molar-refractivity contribution in [2.75, 3.05) is 5.32 Å². The van der Waals surface area contributed by atoms with Crippen LogP contribution in [0.15, 0.2) is 77.3 Å². The second-order valence-corrected chi connectivity index (χ2v) is 7.54. The van der Waals surface area contributed by atoms with E-state index in [0.29, 0.717) is 16.3 Å². The number of Topliss-reactive ketones (excluding diaryl/α,β-unsaturated/α-hetero) is 1. The number of non-ortho nitro benzene ring substituents is 1. The largest absolute Gasteiger partial charge is 0.378 e. The molecule has 0 amide bonds. The second-order valence-electron chi connectivity index (χ2n) is 6.19. The van der Waals surface area contributed by atoms with Crippen LogP contribution in [0.4, 0.5) is 11.4 Å². The molecule has 142 valence electrons. The molecule has 0 aliphatic carbocycles. The zero-order valence-electron chi connectivity index (χ0n) is 14.6. The Balaban J connectivity index is 1.84. The van der Waals surface area contributed by atoms with Crippen molar-refractivity contribution in [2.24, 2.45) is 0 Å². The molecule has 28 heavy (non-hydrogen) atoms. The fourth-order valence-electron chi connectivity index (χ4n) is 2.77.